The van der Waals surface area contributed by atoms with Gasteiger partial charge in [-0.1, -0.05) is 11.6 Å². The molecule has 1 heterocycles. The third-order valence-corrected chi connectivity index (χ3v) is 1.59. The van der Waals surface area contributed by atoms with Crippen molar-refractivity contribution in [2.24, 2.45) is 0 Å². The van der Waals surface area contributed by atoms with E-state index in [2.05, 4.69) is 10.2 Å². The van der Waals surface area contributed by atoms with Crippen LogP contribution in [0.25, 0.3) is 0 Å². The maximum absolute atomic E-state index is 12.0. The van der Waals surface area contributed by atoms with E-state index in [4.69, 9.17) is 11.6 Å². The molecule has 1 rings (SSSR count). The second kappa shape index (κ2) is 2.90. The molecule has 0 saturated carbocycles. The molecule has 0 atom stereocenters. The summed E-state index contributed by atoms with van der Waals surface area (Å²) >= 11 is 5.39. The lowest BCUT2D eigenvalue weighted by Crippen LogP contribution is -2.09. The maximum Gasteiger partial charge on any atom is 0.435 e. The van der Waals surface area contributed by atoms with Gasteiger partial charge in [0.1, 0.15) is 0 Å². The van der Waals surface area contributed by atoms with Crippen molar-refractivity contribution in [2.75, 3.05) is 0 Å². The summed E-state index contributed by atoms with van der Waals surface area (Å²) in [7, 11) is 0. The summed E-state index contributed by atoms with van der Waals surface area (Å²) in [6.45, 7) is 1.44. The van der Waals surface area contributed by atoms with Gasteiger partial charge in [-0.2, -0.15) is 13.2 Å². The molecule has 0 aliphatic carbocycles. The summed E-state index contributed by atoms with van der Waals surface area (Å²) in [5.41, 5.74) is -0.761. The molecule has 6 heteroatoms. The van der Waals surface area contributed by atoms with Gasteiger partial charge >= 0.3 is 6.18 Å². The van der Waals surface area contributed by atoms with E-state index in [0.717, 1.165) is 6.07 Å². The highest BCUT2D eigenvalue weighted by Crippen LogP contribution is 2.28. The number of halogens is 4. The molecular weight excluding hydrogens is 193 g/mol. The van der Waals surface area contributed by atoms with E-state index < -0.39 is 11.9 Å². The van der Waals surface area contributed by atoms with E-state index in [9.17, 15) is 13.2 Å². The van der Waals surface area contributed by atoms with E-state index >= 15 is 0 Å². The number of nitrogens with zero attached hydrogens (tertiary/aromatic N) is 2. The Bertz CT molecular complexity index is 297. The highest BCUT2D eigenvalue weighted by molar-refractivity contribution is 6.30. The zero-order valence-electron chi connectivity index (χ0n) is 5.98. The molecule has 0 amide bonds. The van der Waals surface area contributed by atoms with Crippen molar-refractivity contribution in [2.45, 2.75) is 13.1 Å². The number of hydrogen-bond acceptors (Lipinski definition) is 2. The molecule has 0 aliphatic heterocycles. The molecule has 66 valence electrons. The molecular formula is C6H4ClF3N2. The van der Waals surface area contributed by atoms with Crippen LogP contribution < -0.4 is 0 Å². The van der Waals surface area contributed by atoms with Crippen molar-refractivity contribution in [1.29, 1.82) is 0 Å². The van der Waals surface area contributed by atoms with Crippen LogP contribution in [0.4, 0.5) is 13.2 Å². The Morgan fingerprint density at radius 3 is 2.33 bits per heavy atom. The van der Waals surface area contributed by atoms with Gasteiger partial charge in [0, 0.05) is 0 Å². The number of alkyl halides is 3. The molecule has 1 aromatic rings. The van der Waals surface area contributed by atoms with Crippen LogP contribution in [-0.2, 0) is 6.18 Å². The normalized spacial score (nSPS) is 11.8. The Kier molecular flexibility index (Phi) is 2.23. The Morgan fingerprint density at radius 2 is 1.92 bits per heavy atom. The van der Waals surface area contributed by atoms with Crippen LogP contribution in [0.3, 0.4) is 0 Å². The lowest BCUT2D eigenvalue weighted by atomic mass is 10.3. The molecule has 0 N–H and O–H groups in total. The summed E-state index contributed by atoms with van der Waals surface area (Å²) in [4.78, 5) is 0. The lowest BCUT2D eigenvalue weighted by molar-refractivity contribution is -0.141. The van der Waals surface area contributed by atoms with Crippen LogP contribution in [0.15, 0.2) is 6.07 Å². The fraction of sp³-hybridized carbons (Fsp3) is 0.333. The molecule has 1 aromatic heterocycles. The maximum atomic E-state index is 12.0. The predicted molar refractivity (Wildman–Crippen MR) is 36.8 cm³/mol. The van der Waals surface area contributed by atoms with E-state index in [-0.39, 0.29) is 10.7 Å². The van der Waals surface area contributed by atoms with Gasteiger partial charge in [-0.15, -0.1) is 10.2 Å². The zero-order valence-corrected chi connectivity index (χ0v) is 6.74. The van der Waals surface area contributed by atoms with Gasteiger partial charge in [-0.05, 0) is 18.6 Å². The van der Waals surface area contributed by atoms with E-state index in [1.807, 2.05) is 0 Å². The second-order valence-corrected chi connectivity index (χ2v) is 2.56. The van der Waals surface area contributed by atoms with Crippen LogP contribution in [0, 0.1) is 6.92 Å². The third kappa shape index (κ3) is 1.85. The monoisotopic (exact) mass is 196 g/mol. The zero-order chi connectivity index (χ0) is 9.35. The molecule has 0 saturated heterocycles. The molecule has 0 fully saturated rings. The third-order valence-electron chi connectivity index (χ3n) is 1.21. The van der Waals surface area contributed by atoms with Gasteiger partial charge in [-0.3, -0.25) is 0 Å². The van der Waals surface area contributed by atoms with Crippen LogP contribution in [0.1, 0.15) is 11.3 Å². The summed E-state index contributed by atoms with van der Waals surface area (Å²) in [5, 5.41) is 6.03. The number of aromatic nitrogens is 2. The minimum absolute atomic E-state index is 0.0111. The van der Waals surface area contributed by atoms with Crippen LogP contribution in [0.2, 0.25) is 5.15 Å². The Labute approximate surface area is 71.4 Å². The number of hydrogen-bond donors (Lipinski definition) is 0. The highest BCUT2D eigenvalue weighted by Gasteiger charge is 2.33. The standard InChI is InChI=1S/C6H4ClF3N2/c1-3-2-4(6(8,9)10)11-12-5(3)7/h2H,1H3. The van der Waals surface area contributed by atoms with Crippen molar-refractivity contribution in [3.05, 3.63) is 22.5 Å². The topological polar surface area (TPSA) is 25.8 Å². The van der Waals surface area contributed by atoms with Crippen LogP contribution >= 0.6 is 11.6 Å². The predicted octanol–water partition coefficient (Wildman–Crippen LogP) is 2.46. The molecule has 0 spiro atoms. The van der Waals surface area contributed by atoms with Crippen molar-refractivity contribution < 1.29 is 13.2 Å². The highest BCUT2D eigenvalue weighted by atomic mass is 35.5. The molecule has 0 unspecified atom stereocenters. The van der Waals surface area contributed by atoms with Gasteiger partial charge in [0.05, 0.1) is 0 Å². The number of aryl methyl sites for hydroxylation is 1. The Morgan fingerprint density at radius 1 is 1.33 bits per heavy atom. The van der Waals surface area contributed by atoms with Gasteiger partial charge in [0.2, 0.25) is 0 Å². The van der Waals surface area contributed by atoms with Gasteiger partial charge < -0.3 is 0 Å². The lowest BCUT2D eigenvalue weighted by Gasteiger charge is -2.04. The molecule has 0 aliphatic rings. The molecule has 0 aromatic carbocycles. The summed E-state index contributed by atoms with van der Waals surface area (Å²) in [6, 6.07) is 0.856. The number of rotatable bonds is 0. The first kappa shape index (κ1) is 9.25. The van der Waals surface area contributed by atoms with Crippen LogP contribution in [0.5, 0.6) is 0 Å². The summed E-state index contributed by atoms with van der Waals surface area (Å²) < 4.78 is 35.9. The summed E-state index contributed by atoms with van der Waals surface area (Å²) in [5.74, 6) is 0. The smallest absolute Gasteiger partial charge is 0.164 e. The second-order valence-electron chi connectivity index (χ2n) is 2.20. The minimum atomic E-state index is -4.46. The van der Waals surface area contributed by atoms with Gasteiger partial charge in [0.25, 0.3) is 0 Å². The average molecular weight is 197 g/mol. The quantitative estimate of drug-likeness (QED) is 0.637. The largest absolute Gasteiger partial charge is 0.435 e. The minimum Gasteiger partial charge on any atom is -0.164 e. The van der Waals surface area contributed by atoms with Crippen LogP contribution in [-0.4, -0.2) is 10.2 Å². The van der Waals surface area contributed by atoms with E-state index in [0.29, 0.717) is 0 Å². The van der Waals surface area contributed by atoms with Gasteiger partial charge in [-0.25, -0.2) is 0 Å². The fourth-order valence-electron chi connectivity index (χ4n) is 0.609. The van der Waals surface area contributed by atoms with Crippen molar-refractivity contribution >= 4 is 11.6 Å². The van der Waals surface area contributed by atoms with Crippen molar-refractivity contribution in [1.82, 2.24) is 10.2 Å². The molecule has 0 radical (unpaired) electrons. The van der Waals surface area contributed by atoms with E-state index in [1.165, 1.54) is 6.92 Å². The SMILES string of the molecule is Cc1cc(C(F)(F)F)nnc1Cl. The molecule has 12 heavy (non-hydrogen) atoms. The molecule has 2 nitrogen and oxygen atoms in total. The Hall–Kier alpha value is -0.840. The van der Waals surface area contributed by atoms with Gasteiger partial charge in [0.15, 0.2) is 10.8 Å². The Balaban J connectivity index is 3.14. The average Bonchev–Trinajstić information content (AvgIpc) is 1.92. The first-order chi connectivity index (χ1) is 5.41. The summed E-state index contributed by atoms with van der Waals surface area (Å²) in [6.07, 6.45) is -4.46. The van der Waals surface area contributed by atoms with E-state index in [1.54, 1.807) is 0 Å². The first-order valence-corrected chi connectivity index (χ1v) is 3.36. The van der Waals surface area contributed by atoms with Crippen molar-refractivity contribution in [3.63, 3.8) is 0 Å². The fourth-order valence-corrected chi connectivity index (χ4v) is 0.701. The first-order valence-electron chi connectivity index (χ1n) is 2.98. The molecule has 0 bridgehead atoms. The van der Waals surface area contributed by atoms with Crippen molar-refractivity contribution in [3.8, 4) is 0 Å².